The van der Waals surface area contributed by atoms with Crippen molar-refractivity contribution in [3.8, 4) is 0 Å². The second kappa shape index (κ2) is 5.11. The molecule has 21 heavy (non-hydrogen) atoms. The van der Waals surface area contributed by atoms with Crippen LogP contribution < -0.4 is 5.73 Å². The molecule has 3 aromatic rings. The van der Waals surface area contributed by atoms with E-state index in [1.165, 1.54) is 24.8 Å². The average Bonchev–Trinajstić information content (AvgIpc) is 2.98. The molecule has 6 heteroatoms. The third-order valence-electron chi connectivity index (χ3n) is 4.13. The Balaban J connectivity index is 1.51. The molecule has 0 saturated heterocycles. The summed E-state index contributed by atoms with van der Waals surface area (Å²) in [6.07, 6.45) is 5.65. The third kappa shape index (κ3) is 2.40. The molecule has 0 atom stereocenters. The van der Waals surface area contributed by atoms with Gasteiger partial charge in [-0.15, -0.1) is 10.2 Å². The Hall–Kier alpha value is -1.95. The molecule has 0 spiro atoms. The summed E-state index contributed by atoms with van der Waals surface area (Å²) in [7, 11) is 0. The van der Waals surface area contributed by atoms with Crippen molar-refractivity contribution in [2.24, 2.45) is 0 Å². The summed E-state index contributed by atoms with van der Waals surface area (Å²) < 4.78 is 1.95. The van der Waals surface area contributed by atoms with E-state index in [0.717, 1.165) is 34.3 Å². The number of hydrogen-bond donors (Lipinski definition) is 1. The van der Waals surface area contributed by atoms with Crippen LogP contribution in [-0.4, -0.2) is 19.8 Å². The van der Waals surface area contributed by atoms with E-state index in [1.54, 1.807) is 11.3 Å². The molecule has 1 fully saturated rings. The van der Waals surface area contributed by atoms with Gasteiger partial charge >= 0.3 is 0 Å². The number of benzene rings is 1. The number of nitrogens with zero attached hydrogens (tertiary/aromatic N) is 4. The van der Waals surface area contributed by atoms with E-state index in [1.807, 2.05) is 16.6 Å². The van der Waals surface area contributed by atoms with Crippen LogP contribution in [0.2, 0.25) is 0 Å². The molecule has 0 unspecified atom stereocenters. The molecule has 2 N–H and O–H groups in total. The van der Waals surface area contributed by atoms with Crippen LogP contribution in [0.5, 0.6) is 0 Å². The summed E-state index contributed by atoms with van der Waals surface area (Å²) in [5, 5.41) is 14.4. The number of aromatic nitrogens is 4. The van der Waals surface area contributed by atoms with Crippen LogP contribution >= 0.6 is 11.3 Å². The van der Waals surface area contributed by atoms with E-state index >= 15 is 0 Å². The van der Waals surface area contributed by atoms with Crippen LogP contribution in [-0.2, 0) is 12.8 Å². The van der Waals surface area contributed by atoms with Crippen LogP contribution in [0.15, 0.2) is 24.3 Å². The van der Waals surface area contributed by atoms with E-state index in [-0.39, 0.29) is 0 Å². The zero-order chi connectivity index (χ0) is 14.2. The molecule has 0 amide bonds. The van der Waals surface area contributed by atoms with Crippen molar-refractivity contribution in [3.05, 3.63) is 40.7 Å². The van der Waals surface area contributed by atoms with Crippen molar-refractivity contribution < 1.29 is 0 Å². The van der Waals surface area contributed by atoms with Crippen LogP contribution in [0.3, 0.4) is 0 Å². The SMILES string of the molecule is Nc1ccc(CCc2nn3c(C4CCC4)nnc3s2)cc1. The molecule has 1 saturated carbocycles. The Kier molecular flexibility index (Phi) is 3.11. The molecular weight excluding hydrogens is 282 g/mol. The number of anilines is 1. The van der Waals surface area contributed by atoms with Gasteiger partial charge in [-0.25, -0.2) is 0 Å². The fourth-order valence-electron chi connectivity index (χ4n) is 2.63. The average molecular weight is 299 g/mol. The lowest BCUT2D eigenvalue weighted by atomic mass is 9.85. The first kappa shape index (κ1) is 12.8. The lowest BCUT2D eigenvalue weighted by Gasteiger charge is -2.22. The minimum Gasteiger partial charge on any atom is -0.399 e. The zero-order valence-electron chi connectivity index (χ0n) is 11.7. The number of rotatable bonds is 4. The predicted octanol–water partition coefficient (Wildman–Crippen LogP) is 2.82. The maximum absolute atomic E-state index is 5.71. The van der Waals surface area contributed by atoms with Gasteiger partial charge in [0.2, 0.25) is 4.96 Å². The maximum Gasteiger partial charge on any atom is 0.234 e. The molecule has 108 valence electrons. The third-order valence-corrected chi connectivity index (χ3v) is 5.09. The normalized spacial score (nSPS) is 15.4. The molecule has 0 radical (unpaired) electrons. The lowest BCUT2D eigenvalue weighted by Crippen LogP contribution is -2.13. The van der Waals surface area contributed by atoms with Gasteiger partial charge in [0.1, 0.15) is 5.01 Å². The van der Waals surface area contributed by atoms with Gasteiger partial charge in [-0.2, -0.15) is 9.61 Å². The summed E-state index contributed by atoms with van der Waals surface area (Å²) in [4.78, 5) is 0.921. The van der Waals surface area contributed by atoms with Crippen LogP contribution in [0, 0.1) is 0 Å². The summed E-state index contributed by atoms with van der Waals surface area (Å²) >= 11 is 1.65. The lowest BCUT2D eigenvalue weighted by molar-refractivity contribution is 0.395. The molecule has 0 aliphatic heterocycles. The van der Waals surface area contributed by atoms with Gasteiger partial charge in [0, 0.05) is 18.0 Å². The van der Waals surface area contributed by atoms with E-state index in [4.69, 9.17) is 10.8 Å². The van der Waals surface area contributed by atoms with Crippen molar-refractivity contribution >= 4 is 22.0 Å². The Morgan fingerprint density at radius 1 is 1.14 bits per heavy atom. The second-order valence-corrected chi connectivity index (χ2v) is 6.66. The highest BCUT2D eigenvalue weighted by Crippen LogP contribution is 2.35. The summed E-state index contributed by atoms with van der Waals surface area (Å²) in [5.74, 6) is 1.61. The van der Waals surface area contributed by atoms with E-state index < -0.39 is 0 Å². The van der Waals surface area contributed by atoms with Crippen LogP contribution in [0.4, 0.5) is 5.69 Å². The predicted molar refractivity (Wildman–Crippen MR) is 83.5 cm³/mol. The van der Waals surface area contributed by atoms with E-state index in [2.05, 4.69) is 22.3 Å². The highest BCUT2D eigenvalue weighted by Gasteiger charge is 2.26. The van der Waals surface area contributed by atoms with Gasteiger partial charge in [-0.3, -0.25) is 0 Å². The topological polar surface area (TPSA) is 69.1 Å². The summed E-state index contributed by atoms with van der Waals surface area (Å²) in [6, 6.07) is 8.05. The number of hydrogen-bond acceptors (Lipinski definition) is 5. The van der Waals surface area contributed by atoms with Crippen molar-refractivity contribution in [1.29, 1.82) is 0 Å². The van der Waals surface area contributed by atoms with E-state index in [9.17, 15) is 0 Å². The van der Waals surface area contributed by atoms with E-state index in [0.29, 0.717) is 5.92 Å². The first-order valence-electron chi connectivity index (χ1n) is 7.35. The standard InChI is InChI=1S/C15H17N5S/c16-12-7-4-10(5-8-12)6-9-13-19-20-14(11-2-1-3-11)17-18-15(20)21-13/h4-5,7-8,11H,1-3,6,9,16H2. The molecule has 1 aliphatic carbocycles. The number of aryl methyl sites for hydroxylation is 2. The minimum absolute atomic E-state index is 0.562. The minimum atomic E-state index is 0.562. The Morgan fingerprint density at radius 2 is 1.95 bits per heavy atom. The van der Waals surface area contributed by atoms with Gasteiger partial charge in [0.05, 0.1) is 0 Å². The van der Waals surface area contributed by atoms with Crippen molar-refractivity contribution in [3.63, 3.8) is 0 Å². The fraction of sp³-hybridized carbons (Fsp3) is 0.400. The molecule has 2 heterocycles. The molecule has 5 nitrogen and oxygen atoms in total. The molecule has 1 aromatic carbocycles. The molecule has 0 bridgehead atoms. The highest BCUT2D eigenvalue weighted by molar-refractivity contribution is 7.16. The van der Waals surface area contributed by atoms with Gasteiger partial charge in [0.25, 0.3) is 0 Å². The van der Waals surface area contributed by atoms with Crippen molar-refractivity contribution in [2.45, 2.75) is 38.0 Å². The van der Waals surface area contributed by atoms with Gasteiger partial charge < -0.3 is 5.73 Å². The first-order valence-corrected chi connectivity index (χ1v) is 8.17. The smallest absolute Gasteiger partial charge is 0.234 e. The van der Waals surface area contributed by atoms with Crippen LogP contribution in [0.1, 0.15) is 41.6 Å². The first-order chi connectivity index (χ1) is 10.3. The Bertz CT molecular complexity index is 754. The van der Waals surface area contributed by atoms with Crippen molar-refractivity contribution in [2.75, 3.05) is 5.73 Å². The monoisotopic (exact) mass is 299 g/mol. The zero-order valence-corrected chi connectivity index (χ0v) is 12.5. The van der Waals surface area contributed by atoms with Crippen LogP contribution in [0.25, 0.3) is 4.96 Å². The Morgan fingerprint density at radius 3 is 2.67 bits per heavy atom. The van der Waals surface area contributed by atoms with Gasteiger partial charge in [-0.1, -0.05) is 29.9 Å². The largest absolute Gasteiger partial charge is 0.399 e. The number of nitrogen functional groups attached to an aromatic ring is 1. The second-order valence-electron chi connectivity index (χ2n) is 5.62. The molecular formula is C15H17N5S. The van der Waals surface area contributed by atoms with Gasteiger partial charge in [0.15, 0.2) is 5.82 Å². The quantitative estimate of drug-likeness (QED) is 0.752. The number of fused-ring (bicyclic) bond motifs is 1. The summed E-state index contributed by atoms with van der Waals surface area (Å²) in [5.41, 5.74) is 7.80. The molecule has 2 aromatic heterocycles. The summed E-state index contributed by atoms with van der Waals surface area (Å²) in [6.45, 7) is 0. The highest BCUT2D eigenvalue weighted by atomic mass is 32.1. The Labute approximate surface area is 126 Å². The molecule has 1 aliphatic rings. The molecule has 4 rings (SSSR count). The number of nitrogens with two attached hydrogens (primary N) is 1. The van der Waals surface area contributed by atoms with Gasteiger partial charge in [-0.05, 0) is 37.0 Å². The maximum atomic E-state index is 5.71. The fourth-order valence-corrected chi connectivity index (χ4v) is 3.47. The van der Waals surface area contributed by atoms with Crippen molar-refractivity contribution in [1.82, 2.24) is 19.8 Å².